The average Bonchev–Trinajstić information content (AvgIpc) is 3.01. The van der Waals surface area contributed by atoms with E-state index in [1.165, 1.54) is 24.1 Å². The van der Waals surface area contributed by atoms with Gasteiger partial charge in [-0.2, -0.15) is 0 Å². The van der Waals surface area contributed by atoms with Crippen molar-refractivity contribution < 1.29 is 4.74 Å². The smallest absolute Gasteiger partial charge is 0.0950 e. The maximum Gasteiger partial charge on any atom is 0.0950 e. The van der Waals surface area contributed by atoms with Crippen LogP contribution >= 0.6 is 0 Å². The second kappa shape index (κ2) is 3.24. The van der Waals surface area contributed by atoms with Gasteiger partial charge in [0, 0.05) is 18.8 Å². The monoisotopic (exact) mass is 203 g/mol. The van der Waals surface area contributed by atoms with Gasteiger partial charge >= 0.3 is 0 Å². The summed E-state index contributed by atoms with van der Waals surface area (Å²) in [7, 11) is 0. The lowest BCUT2D eigenvalue weighted by molar-refractivity contribution is 0.258. The van der Waals surface area contributed by atoms with Gasteiger partial charge in [-0.15, -0.1) is 0 Å². The van der Waals surface area contributed by atoms with Crippen molar-refractivity contribution in [2.45, 2.75) is 25.4 Å². The normalized spacial score (nSPS) is 23.1. The van der Waals surface area contributed by atoms with E-state index in [0.717, 1.165) is 19.7 Å². The molecule has 2 nitrogen and oxygen atoms in total. The maximum atomic E-state index is 5.51. The Morgan fingerprint density at radius 2 is 1.73 bits per heavy atom. The molecular formula is C13H17NO. The Kier molecular flexibility index (Phi) is 1.99. The zero-order valence-corrected chi connectivity index (χ0v) is 9.20. The van der Waals surface area contributed by atoms with Crippen LogP contribution in [0.15, 0.2) is 24.3 Å². The van der Waals surface area contributed by atoms with Crippen LogP contribution in [0.25, 0.3) is 0 Å². The van der Waals surface area contributed by atoms with Gasteiger partial charge in [0.15, 0.2) is 0 Å². The first kappa shape index (κ1) is 9.22. The van der Waals surface area contributed by atoms with Crippen molar-refractivity contribution in [2.75, 3.05) is 24.6 Å². The van der Waals surface area contributed by atoms with Gasteiger partial charge in [-0.3, -0.25) is 0 Å². The number of benzene rings is 1. The summed E-state index contributed by atoms with van der Waals surface area (Å²) in [5.74, 6) is 0. The molecule has 0 aromatic heterocycles. The van der Waals surface area contributed by atoms with Crippen LogP contribution in [0, 0.1) is 6.92 Å². The van der Waals surface area contributed by atoms with E-state index in [0.29, 0.717) is 5.60 Å². The lowest BCUT2D eigenvalue weighted by Gasteiger charge is -2.32. The molecule has 15 heavy (non-hydrogen) atoms. The van der Waals surface area contributed by atoms with E-state index in [9.17, 15) is 0 Å². The molecule has 2 aliphatic rings. The third kappa shape index (κ3) is 1.74. The minimum Gasteiger partial charge on any atom is -0.371 e. The molecule has 1 spiro atoms. The van der Waals surface area contributed by atoms with E-state index in [4.69, 9.17) is 4.74 Å². The van der Waals surface area contributed by atoms with Gasteiger partial charge in [0.1, 0.15) is 0 Å². The molecule has 0 N–H and O–H groups in total. The van der Waals surface area contributed by atoms with Gasteiger partial charge in [-0.1, -0.05) is 17.7 Å². The highest BCUT2D eigenvalue weighted by Gasteiger charge is 2.46. The van der Waals surface area contributed by atoms with Gasteiger partial charge in [-0.25, -0.2) is 0 Å². The van der Waals surface area contributed by atoms with Crippen molar-refractivity contribution in [3.05, 3.63) is 29.8 Å². The number of anilines is 1. The number of rotatable bonds is 1. The number of ether oxygens (including phenoxy) is 1. The number of aryl methyl sites for hydroxylation is 1. The number of epoxide rings is 1. The predicted octanol–water partition coefficient (Wildman–Crippen LogP) is 2.36. The van der Waals surface area contributed by atoms with Crippen LogP contribution < -0.4 is 4.90 Å². The van der Waals surface area contributed by atoms with Crippen molar-refractivity contribution in [3.63, 3.8) is 0 Å². The summed E-state index contributed by atoms with van der Waals surface area (Å²) in [6.07, 6.45) is 2.39. The van der Waals surface area contributed by atoms with Gasteiger partial charge in [0.25, 0.3) is 0 Å². The van der Waals surface area contributed by atoms with Crippen LogP contribution in [0.4, 0.5) is 5.69 Å². The summed E-state index contributed by atoms with van der Waals surface area (Å²) in [6.45, 7) is 5.41. The number of hydrogen-bond acceptors (Lipinski definition) is 2. The molecule has 0 saturated carbocycles. The number of hydrogen-bond donors (Lipinski definition) is 0. The average molecular weight is 203 g/mol. The molecule has 0 unspecified atom stereocenters. The highest BCUT2D eigenvalue weighted by atomic mass is 16.6. The molecule has 0 aliphatic carbocycles. The van der Waals surface area contributed by atoms with Crippen molar-refractivity contribution in [3.8, 4) is 0 Å². The Morgan fingerprint density at radius 1 is 1.13 bits per heavy atom. The van der Waals surface area contributed by atoms with Crippen LogP contribution in [0.3, 0.4) is 0 Å². The van der Waals surface area contributed by atoms with E-state index < -0.39 is 0 Å². The first-order valence-corrected chi connectivity index (χ1v) is 5.73. The van der Waals surface area contributed by atoms with Crippen molar-refractivity contribution in [2.24, 2.45) is 0 Å². The van der Waals surface area contributed by atoms with E-state index in [-0.39, 0.29) is 0 Å². The summed E-state index contributed by atoms with van der Waals surface area (Å²) in [5, 5.41) is 0. The summed E-state index contributed by atoms with van der Waals surface area (Å²) in [5.41, 5.74) is 2.98. The predicted molar refractivity (Wildman–Crippen MR) is 61.3 cm³/mol. The maximum absolute atomic E-state index is 5.51. The van der Waals surface area contributed by atoms with E-state index >= 15 is 0 Å². The Morgan fingerprint density at radius 3 is 2.27 bits per heavy atom. The highest BCUT2D eigenvalue weighted by molar-refractivity contribution is 5.48. The fourth-order valence-corrected chi connectivity index (χ4v) is 2.32. The highest BCUT2D eigenvalue weighted by Crippen LogP contribution is 2.38. The standard InChI is InChI=1S/C13H17NO/c1-11-2-4-12(5-3-11)14-8-6-13(7-9-14)10-15-13/h2-5H,6-10H2,1H3. The lowest BCUT2D eigenvalue weighted by atomic mass is 9.97. The zero-order valence-electron chi connectivity index (χ0n) is 9.20. The largest absolute Gasteiger partial charge is 0.371 e. The topological polar surface area (TPSA) is 15.8 Å². The van der Waals surface area contributed by atoms with Crippen LogP contribution in [-0.2, 0) is 4.74 Å². The Hall–Kier alpha value is -1.02. The molecule has 0 radical (unpaired) electrons. The Labute approximate surface area is 90.8 Å². The van der Waals surface area contributed by atoms with E-state index in [2.05, 4.69) is 36.1 Å². The molecule has 2 aliphatic heterocycles. The molecule has 2 heterocycles. The molecule has 80 valence electrons. The van der Waals surface area contributed by atoms with Crippen molar-refractivity contribution >= 4 is 5.69 Å². The number of piperidine rings is 1. The zero-order chi connectivity index (χ0) is 10.3. The van der Waals surface area contributed by atoms with E-state index in [1.807, 2.05) is 0 Å². The Bertz CT molecular complexity index is 343. The van der Waals surface area contributed by atoms with Crippen molar-refractivity contribution in [1.29, 1.82) is 0 Å². The van der Waals surface area contributed by atoms with Gasteiger partial charge < -0.3 is 9.64 Å². The summed E-state index contributed by atoms with van der Waals surface area (Å²) >= 11 is 0. The molecule has 0 amide bonds. The first-order chi connectivity index (χ1) is 7.27. The molecular weight excluding hydrogens is 186 g/mol. The molecule has 2 heteroatoms. The second-order valence-electron chi connectivity index (χ2n) is 4.79. The first-order valence-electron chi connectivity index (χ1n) is 5.73. The Balaban J connectivity index is 1.70. The SMILES string of the molecule is Cc1ccc(N2CCC3(CC2)CO3)cc1. The van der Waals surface area contributed by atoms with Gasteiger partial charge in [0.05, 0.1) is 12.2 Å². The second-order valence-corrected chi connectivity index (χ2v) is 4.79. The third-order valence-electron chi connectivity index (χ3n) is 3.63. The van der Waals surface area contributed by atoms with Gasteiger partial charge in [0.2, 0.25) is 0 Å². The van der Waals surface area contributed by atoms with Crippen LogP contribution in [0.5, 0.6) is 0 Å². The molecule has 1 aromatic carbocycles. The molecule has 2 fully saturated rings. The van der Waals surface area contributed by atoms with Crippen LogP contribution in [0.1, 0.15) is 18.4 Å². The molecule has 2 saturated heterocycles. The fourth-order valence-electron chi connectivity index (χ4n) is 2.32. The molecule has 1 aromatic rings. The number of nitrogens with zero attached hydrogens (tertiary/aromatic N) is 1. The minimum atomic E-state index is 0.293. The summed E-state index contributed by atoms with van der Waals surface area (Å²) < 4.78 is 5.51. The quantitative estimate of drug-likeness (QED) is 0.651. The van der Waals surface area contributed by atoms with Crippen molar-refractivity contribution in [1.82, 2.24) is 0 Å². The molecule has 0 bridgehead atoms. The van der Waals surface area contributed by atoms with E-state index in [1.54, 1.807) is 0 Å². The lowest BCUT2D eigenvalue weighted by Crippen LogP contribution is -2.37. The summed E-state index contributed by atoms with van der Waals surface area (Å²) in [6, 6.07) is 8.82. The molecule has 0 atom stereocenters. The minimum absolute atomic E-state index is 0.293. The summed E-state index contributed by atoms with van der Waals surface area (Å²) in [4.78, 5) is 2.46. The van der Waals surface area contributed by atoms with Crippen LogP contribution in [0.2, 0.25) is 0 Å². The van der Waals surface area contributed by atoms with Crippen LogP contribution in [-0.4, -0.2) is 25.3 Å². The van der Waals surface area contributed by atoms with Gasteiger partial charge in [-0.05, 0) is 31.9 Å². The molecule has 3 rings (SSSR count). The fraction of sp³-hybridized carbons (Fsp3) is 0.538. The third-order valence-corrected chi connectivity index (χ3v) is 3.63.